The highest BCUT2D eigenvalue weighted by Gasteiger charge is 2.23. The summed E-state index contributed by atoms with van der Waals surface area (Å²) in [4.78, 5) is 4.94. The first-order valence-electron chi connectivity index (χ1n) is 6.08. The highest BCUT2D eigenvalue weighted by molar-refractivity contribution is 6.17. The van der Waals surface area contributed by atoms with Crippen LogP contribution in [-0.4, -0.2) is 55.5 Å². The molecule has 2 nitrogen and oxygen atoms in total. The number of hydrogen-bond acceptors (Lipinski definition) is 2. The van der Waals surface area contributed by atoms with Gasteiger partial charge in [-0.2, -0.15) is 0 Å². The van der Waals surface area contributed by atoms with Crippen LogP contribution < -0.4 is 0 Å². The predicted molar refractivity (Wildman–Crippen MR) is 67.7 cm³/mol. The number of alkyl halides is 1. The van der Waals surface area contributed by atoms with Gasteiger partial charge in [0.05, 0.1) is 0 Å². The van der Waals surface area contributed by atoms with Crippen molar-refractivity contribution in [2.75, 3.05) is 39.6 Å². The molecule has 0 aromatic heterocycles. The maximum Gasteiger partial charge on any atom is 0.0229 e. The Bertz CT molecular complexity index is 173. The summed E-state index contributed by atoms with van der Waals surface area (Å²) in [5, 5.41) is 0. The summed E-state index contributed by atoms with van der Waals surface area (Å²) >= 11 is 5.74. The van der Waals surface area contributed by atoms with Gasteiger partial charge >= 0.3 is 0 Å². The zero-order valence-corrected chi connectivity index (χ0v) is 11.1. The molecular formula is C12H25ClN2. The third-order valence-corrected chi connectivity index (χ3v) is 3.74. The minimum absolute atomic E-state index is 0.772. The molecule has 1 fully saturated rings. The third-order valence-electron chi connectivity index (χ3n) is 3.52. The molecule has 90 valence electrons. The molecule has 0 bridgehead atoms. The summed E-state index contributed by atoms with van der Waals surface area (Å²) in [6.07, 6.45) is 3.79. The van der Waals surface area contributed by atoms with Crippen LogP contribution in [0.4, 0.5) is 0 Å². The van der Waals surface area contributed by atoms with E-state index in [4.69, 9.17) is 11.6 Å². The van der Waals surface area contributed by atoms with Crippen molar-refractivity contribution < 1.29 is 0 Å². The van der Waals surface area contributed by atoms with E-state index in [2.05, 4.69) is 30.8 Å². The minimum Gasteiger partial charge on any atom is -0.305 e. The Labute approximate surface area is 99.6 Å². The van der Waals surface area contributed by atoms with E-state index in [1.165, 1.54) is 32.5 Å². The fourth-order valence-corrected chi connectivity index (χ4v) is 2.54. The van der Waals surface area contributed by atoms with Crippen molar-refractivity contribution in [3.63, 3.8) is 0 Å². The van der Waals surface area contributed by atoms with Crippen LogP contribution in [0.1, 0.15) is 26.2 Å². The van der Waals surface area contributed by atoms with Crippen molar-refractivity contribution in [1.82, 2.24) is 9.80 Å². The Morgan fingerprint density at radius 1 is 1.40 bits per heavy atom. The number of halogens is 1. The molecule has 1 aliphatic rings. The monoisotopic (exact) mass is 232 g/mol. The van der Waals surface area contributed by atoms with Gasteiger partial charge in [0.1, 0.15) is 0 Å². The molecule has 0 aromatic carbocycles. The van der Waals surface area contributed by atoms with Crippen molar-refractivity contribution in [2.45, 2.75) is 32.2 Å². The van der Waals surface area contributed by atoms with Crippen LogP contribution in [0, 0.1) is 5.92 Å². The number of likely N-dealkylation sites (N-methyl/N-ethyl adjacent to an activating group) is 1. The Morgan fingerprint density at radius 3 is 2.67 bits per heavy atom. The molecule has 0 aliphatic carbocycles. The van der Waals surface area contributed by atoms with Gasteiger partial charge in [0.15, 0.2) is 0 Å². The lowest BCUT2D eigenvalue weighted by Gasteiger charge is -2.21. The van der Waals surface area contributed by atoms with Gasteiger partial charge in [-0.15, -0.1) is 11.6 Å². The number of rotatable bonds is 6. The maximum absolute atomic E-state index is 5.74. The van der Waals surface area contributed by atoms with E-state index in [0.717, 1.165) is 24.3 Å². The predicted octanol–water partition coefficient (Wildman–Crippen LogP) is 2.28. The smallest absolute Gasteiger partial charge is 0.0229 e. The van der Waals surface area contributed by atoms with E-state index in [9.17, 15) is 0 Å². The van der Waals surface area contributed by atoms with Crippen molar-refractivity contribution in [3.8, 4) is 0 Å². The fraction of sp³-hybridized carbons (Fsp3) is 1.00. The summed E-state index contributed by atoms with van der Waals surface area (Å²) in [7, 11) is 4.37. The standard InChI is InChI=1S/C12H25ClN2/c1-11(4-7-13)5-8-15-9-6-12(10-15)14(2)3/h11-12H,4-10H2,1-3H3. The Hall–Kier alpha value is 0.210. The topological polar surface area (TPSA) is 6.48 Å². The quantitative estimate of drug-likeness (QED) is 0.649. The average Bonchev–Trinajstić information content (AvgIpc) is 2.63. The molecule has 0 aromatic rings. The zero-order chi connectivity index (χ0) is 11.3. The summed E-state index contributed by atoms with van der Waals surface area (Å²) in [5.74, 6) is 1.59. The summed E-state index contributed by atoms with van der Waals surface area (Å²) in [6.45, 7) is 6.08. The molecule has 0 N–H and O–H groups in total. The Morgan fingerprint density at radius 2 is 2.13 bits per heavy atom. The van der Waals surface area contributed by atoms with Crippen LogP contribution in [0.3, 0.4) is 0 Å². The van der Waals surface area contributed by atoms with Gasteiger partial charge < -0.3 is 9.80 Å². The molecule has 0 radical (unpaired) electrons. The summed E-state index contributed by atoms with van der Waals surface area (Å²) in [5.41, 5.74) is 0. The molecule has 0 saturated carbocycles. The van der Waals surface area contributed by atoms with Crippen LogP contribution in [0.2, 0.25) is 0 Å². The Balaban J connectivity index is 2.13. The third kappa shape index (κ3) is 4.71. The molecule has 1 aliphatic heterocycles. The van der Waals surface area contributed by atoms with Crippen molar-refractivity contribution >= 4 is 11.6 Å². The normalized spacial score (nSPS) is 25.0. The van der Waals surface area contributed by atoms with E-state index in [1.54, 1.807) is 0 Å². The van der Waals surface area contributed by atoms with E-state index in [0.29, 0.717) is 0 Å². The first-order valence-corrected chi connectivity index (χ1v) is 6.61. The van der Waals surface area contributed by atoms with Gasteiger partial charge in [0.25, 0.3) is 0 Å². The largest absolute Gasteiger partial charge is 0.305 e. The molecule has 0 spiro atoms. The van der Waals surface area contributed by atoms with Gasteiger partial charge in [-0.05, 0) is 52.4 Å². The molecule has 1 saturated heterocycles. The molecule has 1 rings (SSSR count). The van der Waals surface area contributed by atoms with E-state index in [1.807, 2.05) is 0 Å². The number of hydrogen-bond donors (Lipinski definition) is 0. The van der Waals surface area contributed by atoms with Gasteiger partial charge in [-0.3, -0.25) is 0 Å². The molecule has 0 amide bonds. The van der Waals surface area contributed by atoms with Crippen LogP contribution in [0.15, 0.2) is 0 Å². The molecule has 2 atom stereocenters. The highest BCUT2D eigenvalue weighted by atomic mass is 35.5. The van der Waals surface area contributed by atoms with E-state index >= 15 is 0 Å². The van der Waals surface area contributed by atoms with Gasteiger partial charge in [0.2, 0.25) is 0 Å². The first kappa shape index (κ1) is 13.3. The minimum atomic E-state index is 0.772. The fourth-order valence-electron chi connectivity index (χ4n) is 2.17. The maximum atomic E-state index is 5.74. The van der Waals surface area contributed by atoms with E-state index in [-0.39, 0.29) is 0 Å². The van der Waals surface area contributed by atoms with Crippen LogP contribution in [0.5, 0.6) is 0 Å². The summed E-state index contributed by atoms with van der Waals surface area (Å²) in [6, 6.07) is 0.772. The zero-order valence-electron chi connectivity index (χ0n) is 10.4. The van der Waals surface area contributed by atoms with Gasteiger partial charge in [-0.25, -0.2) is 0 Å². The molecule has 1 heterocycles. The van der Waals surface area contributed by atoms with Crippen LogP contribution in [-0.2, 0) is 0 Å². The van der Waals surface area contributed by atoms with Crippen molar-refractivity contribution in [3.05, 3.63) is 0 Å². The molecular weight excluding hydrogens is 208 g/mol. The highest BCUT2D eigenvalue weighted by Crippen LogP contribution is 2.16. The average molecular weight is 233 g/mol. The van der Waals surface area contributed by atoms with Gasteiger partial charge in [-0.1, -0.05) is 6.92 Å². The number of likely N-dealkylation sites (tertiary alicyclic amines) is 1. The van der Waals surface area contributed by atoms with Crippen LogP contribution >= 0.6 is 11.6 Å². The lowest BCUT2D eigenvalue weighted by Crippen LogP contribution is -2.32. The lowest BCUT2D eigenvalue weighted by atomic mass is 10.1. The second-order valence-corrected chi connectivity index (χ2v) is 5.46. The Kier molecular flexibility index (Phi) is 5.95. The first-order chi connectivity index (χ1) is 7.13. The van der Waals surface area contributed by atoms with Crippen molar-refractivity contribution in [1.29, 1.82) is 0 Å². The molecule has 15 heavy (non-hydrogen) atoms. The number of nitrogens with zero attached hydrogens (tertiary/aromatic N) is 2. The van der Waals surface area contributed by atoms with Gasteiger partial charge in [0, 0.05) is 18.5 Å². The van der Waals surface area contributed by atoms with Crippen LogP contribution in [0.25, 0.3) is 0 Å². The lowest BCUT2D eigenvalue weighted by molar-refractivity contribution is 0.257. The summed E-state index contributed by atoms with van der Waals surface area (Å²) < 4.78 is 0. The van der Waals surface area contributed by atoms with Crippen molar-refractivity contribution in [2.24, 2.45) is 5.92 Å². The molecule has 2 unspecified atom stereocenters. The van der Waals surface area contributed by atoms with E-state index < -0.39 is 0 Å². The second-order valence-electron chi connectivity index (χ2n) is 5.08. The second kappa shape index (κ2) is 6.72. The SMILES string of the molecule is CC(CCCl)CCN1CCC(N(C)C)C1. The molecule has 3 heteroatoms.